The van der Waals surface area contributed by atoms with Crippen LogP contribution < -0.4 is 11.0 Å². The lowest BCUT2D eigenvalue weighted by Crippen LogP contribution is -2.44. The van der Waals surface area contributed by atoms with E-state index >= 15 is 0 Å². The number of terminal acetylenes is 1. The Labute approximate surface area is 120 Å². The van der Waals surface area contributed by atoms with Crippen LogP contribution in [0.3, 0.4) is 0 Å². The lowest BCUT2D eigenvalue weighted by atomic mass is 10.1. The Bertz CT molecular complexity index is 838. The zero-order chi connectivity index (χ0) is 15.0. The molecule has 1 aliphatic heterocycles. The summed E-state index contributed by atoms with van der Waals surface area (Å²) >= 11 is 0. The van der Waals surface area contributed by atoms with Crippen molar-refractivity contribution in [1.82, 2.24) is 14.5 Å². The van der Waals surface area contributed by atoms with Gasteiger partial charge >= 0.3 is 5.69 Å². The van der Waals surface area contributed by atoms with Crippen molar-refractivity contribution in [1.29, 1.82) is 0 Å². The van der Waals surface area contributed by atoms with Crippen molar-refractivity contribution < 1.29 is 9.59 Å². The molecule has 1 aromatic carbocycles. The molecule has 1 N–H and O–H groups in total. The predicted octanol–water partition coefficient (Wildman–Crippen LogP) is 0.414. The number of benzene rings is 1. The summed E-state index contributed by atoms with van der Waals surface area (Å²) in [5.74, 6) is 1.69. The Morgan fingerprint density at radius 1 is 1.24 bits per heavy atom. The van der Waals surface area contributed by atoms with Crippen LogP contribution in [0.1, 0.15) is 18.9 Å². The molecule has 1 atom stereocenters. The molecule has 1 saturated heterocycles. The molecular formula is C15H13N3O3. The second kappa shape index (κ2) is 4.94. The minimum atomic E-state index is -0.681. The van der Waals surface area contributed by atoms with E-state index in [1.54, 1.807) is 18.2 Å². The molecule has 0 aliphatic carbocycles. The van der Waals surface area contributed by atoms with Gasteiger partial charge in [0.25, 0.3) is 0 Å². The SMILES string of the molecule is C#CCn1c(=O)n(C2CCC(=O)NC2=O)c2ccccc21. The largest absolute Gasteiger partial charge is 0.330 e. The molecule has 0 spiro atoms. The van der Waals surface area contributed by atoms with E-state index in [1.165, 1.54) is 9.13 Å². The molecule has 6 heteroatoms. The number of piperidine rings is 1. The van der Waals surface area contributed by atoms with Gasteiger partial charge in [0.15, 0.2) is 0 Å². The van der Waals surface area contributed by atoms with Crippen molar-refractivity contribution in [2.45, 2.75) is 25.4 Å². The average Bonchev–Trinajstić information content (AvgIpc) is 2.73. The number of nitrogens with zero attached hydrogens (tertiary/aromatic N) is 2. The minimum absolute atomic E-state index is 0.139. The van der Waals surface area contributed by atoms with Gasteiger partial charge in [-0.15, -0.1) is 6.42 Å². The Morgan fingerprint density at radius 3 is 2.62 bits per heavy atom. The quantitative estimate of drug-likeness (QED) is 0.641. The van der Waals surface area contributed by atoms with Crippen molar-refractivity contribution in [2.75, 3.05) is 0 Å². The van der Waals surface area contributed by atoms with Crippen LogP contribution in [0.25, 0.3) is 11.0 Å². The number of para-hydroxylation sites is 2. The van der Waals surface area contributed by atoms with Crippen LogP contribution >= 0.6 is 0 Å². The highest BCUT2D eigenvalue weighted by molar-refractivity contribution is 6.00. The van der Waals surface area contributed by atoms with Crippen LogP contribution in [-0.4, -0.2) is 20.9 Å². The lowest BCUT2D eigenvalue weighted by Gasteiger charge is -2.21. The molecule has 0 saturated carbocycles. The van der Waals surface area contributed by atoms with Crippen LogP contribution in [0.2, 0.25) is 0 Å². The maximum atomic E-state index is 12.6. The summed E-state index contributed by atoms with van der Waals surface area (Å²) in [7, 11) is 0. The van der Waals surface area contributed by atoms with E-state index in [4.69, 9.17) is 6.42 Å². The molecule has 1 fully saturated rings. The molecular weight excluding hydrogens is 270 g/mol. The van der Waals surface area contributed by atoms with Gasteiger partial charge in [0.2, 0.25) is 11.8 Å². The molecule has 2 heterocycles. The van der Waals surface area contributed by atoms with Crippen molar-refractivity contribution in [3.63, 3.8) is 0 Å². The summed E-state index contributed by atoms with van der Waals surface area (Å²) < 4.78 is 2.88. The summed E-state index contributed by atoms with van der Waals surface area (Å²) in [6.45, 7) is 0.139. The number of amides is 2. The second-order valence-corrected chi connectivity index (χ2v) is 4.90. The summed E-state index contributed by atoms with van der Waals surface area (Å²) in [6.07, 6.45) is 5.84. The van der Waals surface area contributed by atoms with E-state index < -0.39 is 11.9 Å². The Kier molecular flexibility index (Phi) is 3.10. The number of rotatable bonds is 2. The first kappa shape index (κ1) is 13.2. The fourth-order valence-electron chi connectivity index (χ4n) is 2.71. The highest BCUT2D eigenvalue weighted by Gasteiger charge is 2.31. The topological polar surface area (TPSA) is 73.1 Å². The number of imidazole rings is 1. The molecule has 0 radical (unpaired) electrons. The fraction of sp³-hybridized carbons (Fsp3) is 0.267. The standard InChI is InChI=1S/C15H13N3O3/c1-2-9-17-10-5-3-4-6-11(10)18(15(17)21)12-7-8-13(19)16-14(12)20/h1,3-6,12H,7-9H2,(H,16,19,20). The Hall–Kier alpha value is -2.81. The molecule has 0 bridgehead atoms. The molecule has 1 aromatic heterocycles. The van der Waals surface area contributed by atoms with Gasteiger partial charge in [-0.3, -0.25) is 24.0 Å². The fourth-order valence-corrected chi connectivity index (χ4v) is 2.71. The van der Waals surface area contributed by atoms with Gasteiger partial charge in [0.1, 0.15) is 6.04 Å². The molecule has 2 aromatic rings. The highest BCUT2D eigenvalue weighted by Crippen LogP contribution is 2.22. The van der Waals surface area contributed by atoms with Crippen LogP contribution in [0.15, 0.2) is 29.1 Å². The van der Waals surface area contributed by atoms with Crippen LogP contribution in [-0.2, 0) is 16.1 Å². The summed E-state index contributed by atoms with van der Waals surface area (Å²) in [5.41, 5.74) is 1.00. The van der Waals surface area contributed by atoms with Gasteiger partial charge in [-0.05, 0) is 18.6 Å². The van der Waals surface area contributed by atoms with E-state index in [0.29, 0.717) is 17.5 Å². The summed E-state index contributed by atoms with van der Waals surface area (Å²) in [4.78, 5) is 35.9. The van der Waals surface area contributed by atoms with Crippen LogP contribution in [0.4, 0.5) is 0 Å². The van der Waals surface area contributed by atoms with E-state index in [9.17, 15) is 14.4 Å². The normalized spacial score (nSPS) is 18.5. The van der Waals surface area contributed by atoms with Crippen molar-refractivity contribution in [3.05, 3.63) is 34.7 Å². The number of carbonyl (C=O) groups is 2. The zero-order valence-electron chi connectivity index (χ0n) is 11.2. The molecule has 1 aliphatic rings. The van der Waals surface area contributed by atoms with Gasteiger partial charge < -0.3 is 0 Å². The van der Waals surface area contributed by atoms with E-state index in [-0.39, 0.29) is 24.6 Å². The molecule has 1 unspecified atom stereocenters. The molecule has 6 nitrogen and oxygen atoms in total. The first-order valence-corrected chi connectivity index (χ1v) is 6.60. The number of hydrogen-bond acceptors (Lipinski definition) is 3. The van der Waals surface area contributed by atoms with E-state index in [2.05, 4.69) is 11.2 Å². The van der Waals surface area contributed by atoms with E-state index in [1.807, 2.05) is 6.07 Å². The number of aromatic nitrogens is 2. The van der Waals surface area contributed by atoms with Crippen molar-refractivity contribution >= 4 is 22.8 Å². The Balaban J connectivity index is 2.21. The molecule has 3 rings (SSSR count). The van der Waals surface area contributed by atoms with Gasteiger partial charge in [0.05, 0.1) is 17.6 Å². The van der Waals surface area contributed by atoms with Gasteiger partial charge in [0, 0.05) is 6.42 Å². The number of imide groups is 1. The molecule has 106 valence electrons. The third-order valence-corrected chi connectivity index (χ3v) is 3.64. The lowest BCUT2D eigenvalue weighted by molar-refractivity contribution is -0.135. The second-order valence-electron chi connectivity index (χ2n) is 4.90. The first-order chi connectivity index (χ1) is 10.1. The number of hydrogen-bond donors (Lipinski definition) is 1. The Morgan fingerprint density at radius 2 is 1.95 bits per heavy atom. The summed E-state index contributed by atoms with van der Waals surface area (Å²) in [6, 6.07) is 6.48. The number of nitrogens with one attached hydrogen (secondary N) is 1. The van der Waals surface area contributed by atoms with Gasteiger partial charge in [-0.25, -0.2) is 4.79 Å². The van der Waals surface area contributed by atoms with Crippen molar-refractivity contribution in [3.8, 4) is 12.3 Å². The third-order valence-electron chi connectivity index (χ3n) is 3.64. The highest BCUT2D eigenvalue weighted by atomic mass is 16.2. The maximum Gasteiger partial charge on any atom is 0.330 e. The minimum Gasteiger partial charge on any atom is -0.295 e. The van der Waals surface area contributed by atoms with Gasteiger partial charge in [-0.2, -0.15) is 0 Å². The van der Waals surface area contributed by atoms with Crippen LogP contribution in [0, 0.1) is 12.3 Å². The monoisotopic (exact) mass is 283 g/mol. The summed E-state index contributed by atoms with van der Waals surface area (Å²) in [5, 5.41) is 2.27. The number of fused-ring (bicyclic) bond motifs is 1. The average molecular weight is 283 g/mol. The zero-order valence-corrected chi connectivity index (χ0v) is 11.2. The number of carbonyl (C=O) groups excluding carboxylic acids is 2. The predicted molar refractivity (Wildman–Crippen MR) is 76.5 cm³/mol. The van der Waals surface area contributed by atoms with Gasteiger partial charge in [-0.1, -0.05) is 18.1 Å². The first-order valence-electron chi connectivity index (χ1n) is 6.60. The van der Waals surface area contributed by atoms with Crippen molar-refractivity contribution in [2.24, 2.45) is 0 Å². The maximum absolute atomic E-state index is 12.6. The van der Waals surface area contributed by atoms with Crippen LogP contribution in [0.5, 0.6) is 0 Å². The smallest absolute Gasteiger partial charge is 0.295 e. The molecule has 21 heavy (non-hydrogen) atoms. The van der Waals surface area contributed by atoms with E-state index in [0.717, 1.165) is 0 Å². The molecule has 2 amide bonds. The third kappa shape index (κ3) is 2.03.